The SMILES string of the molecule is Cn1ccc(Cn2cncc2C2CNCCO2)n1. The Balaban J connectivity index is 1.78. The zero-order valence-electron chi connectivity index (χ0n) is 10.4. The molecule has 6 nitrogen and oxygen atoms in total. The van der Waals surface area contributed by atoms with Gasteiger partial charge in [-0.15, -0.1) is 0 Å². The highest BCUT2D eigenvalue weighted by molar-refractivity contribution is 5.09. The van der Waals surface area contributed by atoms with Crippen molar-refractivity contribution < 1.29 is 4.74 Å². The Bertz CT molecular complexity index is 512. The maximum absolute atomic E-state index is 5.76. The predicted molar refractivity (Wildman–Crippen MR) is 66.1 cm³/mol. The summed E-state index contributed by atoms with van der Waals surface area (Å²) in [4.78, 5) is 4.22. The van der Waals surface area contributed by atoms with E-state index in [0.717, 1.165) is 37.6 Å². The quantitative estimate of drug-likeness (QED) is 0.849. The summed E-state index contributed by atoms with van der Waals surface area (Å²) in [6, 6.07) is 2.02. The Morgan fingerprint density at radius 2 is 2.50 bits per heavy atom. The molecule has 6 heteroatoms. The van der Waals surface area contributed by atoms with Gasteiger partial charge in [-0.2, -0.15) is 5.10 Å². The molecule has 2 aromatic heterocycles. The second-order valence-electron chi connectivity index (χ2n) is 4.49. The van der Waals surface area contributed by atoms with Crippen LogP contribution in [0.1, 0.15) is 17.5 Å². The summed E-state index contributed by atoms with van der Waals surface area (Å²) in [7, 11) is 1.92. The predicted octanol–water partition coefficient (Wildman–Crippen LogP) is 0.326. The number of nitrogens with zero attached hydrogens (tertiary/aromatic N) is 4. The standard InChI is InChI=1S/C12H17N5O/c1-16-4-2-10(15-16)8-17-9-14-6-11(17)12-7-13-3-5-18-12/h2,4,6,9,12-13H,3,5,7-8H2,1H3. The van der Waals surface area contributed by atoms with Crippen molar-refractivity contribution in [1.29, 1.82) is 0 Å². The van der Waals surface area contributed by atoms with E-state index in [1.807, 2.05) is 36.5 Å². The van der Waals surface area contributed by atoms with Crippen LogP contribution in [0.25, 0.3) is 0 Å². The summed E-state index contributed by atoms with van der Waals surface area (Å²) in [5.41, 5.74) is 2.13. The molecule has 1 aliphatic rings. The molecule has 96 valence electrons. The van der Waals surface area contributed by atoms with E-state index < -0.39 is 0 Å². The monoisotopic (exact) mass is 247 g/mol. The molecule has 3 rings (SSSR count). The molecule has 1 atom stereocenters. The average Bonchev–Trinajstić information content (AvgIpc) is 3.00. The molecule has 1 unspecified atom stereocenters. The van der Waals surface area contributed by atoms with Crippen LogP contribution in [-0.2, 0) is 18.3 Å². The summed E-state index contributed by atoms with van der Waals surface area (Å²) in [5, 5.41) is 7.72. The third kappa shape index (κ3) is 2.30. The molecule has 0 bridgehead atoms. The van der Waals surface area contributed by atoms with Gasteiger partial charge in [-0.3, -0.25) is 4.68 Å². The number of morpholine rings is 1. The fourth-order valence-corrected chi connectivity index (χ4v) is 2.21. The van der Waals surface area contributed by atoms with E-state index in [1.165, 1.54) is 0 Å². The Hall–Kier alpha value is -1.66. The molecule has 1 N–H and O–H groups in total. The van der Waals surface area contributed by atoms with E-state index in [1.54, 1.807) is 0 Å². The number of aryl methyl sites for hydroxylation is 1. The molecular weight excluding hydrogens is 230 g/mol. The van der Waals surface area contributed by atoms with Gasteiger partial charge in [0.25, 0.3) is 0 Å². The molecule has 0 spiro atoms. The maximum atomic E-state index is 5.76. The van der Waals surface area contributed by atoms with E-state index in [2.05, 4.69) is 20.0 Å². The van der Waals surface area contributed by atoms with E-state index in [-0.39, 0.29) is 6.10 Å². The van der Waals surface area contributed by atoms with Crippen molar-refractivity contribution in [2.24, 2.45) is 7.05 Å². The zero-order valence-corrected chi connectivity index (χ0v) is 10.4. The number of hydrogen-bond donors (Lipinski definition) is 1. The minimum atomic E-state index is 0.0879. The van der Waals surface area contributed by atoms with Gasteiger partial charge in [0, 0.05) is 26.3 Å². The largest absolute Gasteiger partial charge is 0.369 e. The summed E-state index contributed by atoms with van der Waals surface area (Å²) in [5.74, 6) is 0. The number of nitrogens with one attached hydrogen (secondary N) is 1. The highest BCUT2D eigenvalue weighted by atomic mass is 16.5. The molecular formula is C12H17N5O. The molecule has 0 radical (unpaired) electrons. The molecule has 0 aliphatic carbocycles. The van der Waals surface area contributed by atoms with E-state index >= 15 is 0 Å². The van der Waals surface area contributed by atoms with Crippen LogP contribution in [0.2, 0.25) is 0 Å². The summed E-state index contributed by atoms with van der Waals surface area (Å²) in [6.07, 6.45) is 5.75. The highest BCUT2D eigenvalue weighted by Gasteiger charge is 2.19. The lowest BCUT2D eigenvalue weighted by Crippen LogP contribution is -2.34. The molecule has 3 heterocycles. The molecule has 2 aromatic rings. The molecule has 0 saturated carbocycles. The molecule has 1 fully saturated rings. The molecule has 1 aliphatic heterocycles. The first-order chi connectivity index (χ1) is 8.83. The number of hydrogen-bond acceptors (Lipinski definition) is 4. The van der Waals surface area contributed by atoms with Gasteiger partial charge in [0.2, 0.25) is 0 Å². The van der Waals surface area contributed by atoms with Crippen LogP contribution < -0.4 is 5.32 Å². The lowest BCUT2D eigenvalue weighted by atomic mass is 10.2. The Morgan fingerprint density at radius 1 is 1.56 bits per heavy atom. The fourth-order valence-electron chi connectivity index (χ4n) is 2.21. The van der Waals surface area contributed by atoms with Crippen molar-refractivity contribution in [2.75, 3.05) is 19.7 Å². The van der Waals surface area contributed by atoms with Crippen molar-refractivity contribution in [3.05, 3.63) is 36.2 Å². The molecule has 0 amide bonds. The Kier molecular flexibility index (Phi) is 3.12. The van der Waals surface area contributed by atoms with Crippen molar-refractivity contribution in [2.45, 2.75) is 12.6 Å². The van der Waals surface area contributed by atoms with Crippen molar-refractivity contribution in [3.63, 3.8) is 0 Å². The van der Waals surface area contributed by atoms with E-state index in [9.17, 15) is 0 Å². The van der Waals surface area contributed by atoms with Crippen LogP contribution in [-0.4, -0.2) is 39.0 Å². The Labute approximate surface area is 106 Å². The number of ether oxygens (including phenoxy) is 1. The van der Waals surface area contributed by atoms with Crippen LogP contribution in [0.3, 0.4) is 0 Å². The normalized spacial score (nSPS) is 20.2. The number of aromatic nitrogens is 4. The van der Waals surface area contributed by atoms with E-state index in [0.29, 0.717) is 0 Å². The third-order valence-electron chi connectivity index (χ3n) is 3.10. The molecule has 1 saturated heterocycles. The number of imidazole rings is 1. The van der Waals surface area contributed by atoms with E-state index in [4.69, 9.17) is 4.74 Å². The average molecular weight is 247 g/mol. The minimum absolute atomic E-state index is 0.0879. The van der Waals surface area contributed by atoms with Crippen LogP contribution in [0.5, 0.6) is 0 Å². The van der Waals surface area contributed by atoms with Crippen LogP contribution in [0, 0.1) is 0 Å². The smallest absolute Gasteiger partial charge is 0.111 e. The van der Waals surface area contributed by atoms with Crippen molar-refractivity contribution in [3.8, 4) is 0 Å². The first-order valence-corrected chi connectivity index (χ1v) is 6.14. The van der Waals surface area contributed by atoms with Gasteiger partial charge in [0.15, 0.2) is 0 Å². The van der Waals surface area contributed by atoms with Crippen LogP contribution in [0.15, 0.2) is 24.8 Å². The molecule has 18 heavy (non-hydrogen) atoms. The minimum Gasteiger partial charge on any atom is -0.369 e. The first kappa shape index (κ1) is 11.4. The number of rotatable bonds is 3. The second kappa shape index (κ2) is 4.91. The maximum Gasteiger partial charge on any atom is 0.111 e. The van der Waals surface area contributed by atoms with Gasteiger partial charge in [-0.25, -0.2) is 4.98 Å². The zero-order chi connectivity index (χ0) is 12.4. The molecule has 0 aromatic carbocycles. The van der Waals surface area contributed by atoms with Crippen molar-refractivity contribution >= 4 is 0 Å². The van der Waals surface area contributed by atoms with Crippen molar-refractivity contribution in [1.82, 2.24) is 24.6 Å². The Morgan fingerprint density at radius 3 is 3.22 bits per heavy atom. The lowest BCUT2D eigenvalue weighted by Gasteiger charge is -2.24. The van der Waals surface area contributed by atoms with Gasteiger partial charge in [-0.1, -0.05) is 0 Å². The van der Waals surface area contributed by atoms with Gasteiger partial charge in [0.1, 0.15) is 6.10 Å². The van der Waals surface area contributed by atoms with Crippen LogP contribution >= 0.6 is 0 Å². The lowest BCUT2D eigenvalue weighted by molar-refractivity contribution is 0.0230. The second-order valence-corrected chi connectivity index (χ2v) is 4.49. The van der Waals surface area contributed by atoms with Gasteiger partial charge in [0.05, 0.1) is 37.1 Å². The van der Waals surface area contributed by atoms with Crippen LogP contribution in [0.4, 0.5) is 0 Å². The van der Waals surface area contributed by atoms with Gasteiger partial charge >= 0.3 is 0 Å². The third-order valence-corrected chi connectivity index (χ3v) is 3.10. The highest BCUT2D eigenvalue weighted by Crippen LogP contribution is 2.18. The topological polar surface area (TPSA) is 56.9 Å². The summed E-state index contributed by atoms with van der Waals surface area (Å²) in [6.45, 7) is 3.24. The fraction of sp³-hybridized carbons (Fsp3) is 0.500. The summed E-state index contributed by atoms with van der Waals surface area (Å²) >= 11 is 0. The van der Waals surface area contributed by atoms with Gasteiger partial charge < -0.3 is 14.6 Å². The van der Waals surface area contributed by atoms with Gasteiger partial charge in [-0.05, 0) is 6.07 Å². The first-order valence-electron chi connectivity index (χ1n) is 6.14. The summed E-state index contributed by atoms with van der Waals surface area (Å²) < 4.78 is 9.66.